The zero-order valence-electron chi connectivity index (χ0n) is 9.71. The molecule has 3 heteroatoms. The Bertz CT molecular complexity index is 564. The molecule has 1 aromatic carbocycles. The molecule has 3 rings (SSSR count). The first kappa shape index (κ1) is 10.3. The molecule has 1 aromatic heterocycles. The van der Waals surface area contributed by atoms with Crippen molar-refractivity contribution >= 4 is 11.0 Å². The van der Waals surface area contributed by atoms with Gasteiger partial charge in [-0.3, -0.25) is 0 Å². The molecule has 0 bridgehead atoms. The summed E-state index contributed by atoms with van der Waals surface area (Å²) in [6.07, 6.45) is 6.41. The molecule has 2 atom stereocenters. The second-order valence-electron chi connectivity index (χ2n) is 4.73. The van der Waals surface area contributed by atoms with E-state index in [-0.39, 0.29) is 5.92 Å². The van der Waals surface area contributed by atoms with Gasteiger partial charge >= 0.3 is 0 Å². The average Bonchev–Trinajstić information content (AvgIpc) is 2.82. The molecule has 0 N–H and O–H groups in total. The molecule has 0 saturated heterocycles. The summed E-state index contributed by atoms with van der Waals surface area (Å²) in [4.78, 5) is 4.42. The standard InChI is InChI=1S/C14H15N3/c15-9-11-5-1-3-7-13(11)17-10-16-12-6-2-4-8-14(12)17/h2,4,6,8,10-11,13H,1,3,5,7H2. The zero-order chi connectivity index (χ0) is 11.7. The Hall–Kier alpha value is -1.82. The summed E-state index contributed by atoms with van der Waals surface area (Å²) in [7, 11) is 0. The average molecular weight is 225 g/mol. The van der Waals surface area contributed by atoms with Crippen LogP contribution in [0.1, 0.15) is 31.7 Å². The molecule has 1 aliphatic rings. The van der Waals surface area contributed by atoms with Gasteiger partial charge in [0.05, 0.1) is 35.4 Å². The van der Waals surface area contributed by atoms with Crippen molar-refractivity contribution in [2.45, 2.75) is 31.7 Å². The van der Waals surface area contributed by atoms with Crippen molar-refractivity contribution in [3.63, 3.8) is 0 Å². The fourth-order valence-electron chi connectivity index (χ4n) is 2.84. The van der Waals surface area contributed by atoms with Gasteiger partial charge in [0.2, 0.25) is 0 Å². The van der Waals surface area contributed by atoms with Crippen LogP contribution in [0.5, 0.6) is 0 Å². The molecular weight excluding hydrogens is 210 g/mol. The van der Waals surface area contributed by atoms with Crippen molar-refractivity contribution in [3.05, 3.63) is 30.6 Å². The lowest BCUT2D eigenvalue weighted by atomic mass is 9.85. The van der Waals surface area contributed by atoms with Crippen molar-refractivity contribution in [2.75, 3.05) is 0 Å². The van der Waals surface area contributed by atoms with Gasteiger partial charge in [-0.2, -0.15) is 5.26 Å². The van der Waals surface area contributed by atoms with Crippen molar-refractivity contribution in [1.29, 1.82) is 5.26 Å². The summed E-state index contributed by atoms with van der Waals surface area (Å²) in [6, 6.07) is 10.9. The minimum Gasteiger partial charge on any atom is -0.326 e. The monoisotopic (exact) mass is 225 g/mol. The highest BCUT2D eigenvalue weighted by molar-refractivity contribution is 5.75. The lowest BCUT2D eigenvalue weighted by Crippen LogP contribution is -2.21. The van der Waals surface area contributed by atoms with Crippen molar-refractivity contribution in [2.24, 2.45) is 5.92 Å². The number of hydrogen-bond donors (Lipinski definition) is 0. The molecule has 3 nitrogen and oxygen atoms in total. The summed E-state index contributed by atoms with van der Waals surface area (Å²) in [5.41, 5.74) is 2.18. The normalized spacial score (nSPS) is 24.6. The van der Waals surface area contributed by atoms with Gasteiger partial charge in [-0.05, 0) is 25.0 Å². The highest BCUT2D eigenvalue weighted by atomic mass is 15.1. The van der Waals surface area contributed by atoms with Crippen LogP contribution in [0.25, 0.3) is 11.0 Å². The predicted octanol–water partition coefficient (Wildman–Crippen LogP) is 3.29. The molecule has 1 aliphatic carbocycles. The molecule has 0 radical (unpaired) electrons. The van der Waals surface area contributed by atoms with E-state index in [2.05, 4.69) is 21.7 Å². The number of fused-ring (bicyclic) bond motifs is 1. The Morgan fingerprint density at radius 1 is 1.24 bits per heavy atom. The minimum absolute atomic E-state index is 0.140. The van der Waals surface area contributed by atoms with Gasteiger partial charge in [0.1, 0.15) is 0 Å². The van der Waals surface area contributed by atoms with Crippen LogP contribution >= 0.6 is 0 Å². The van der Waals surface area contributed by atoms with Gasteiger partial charge in [0.15, 0.2) is 0 Å². The molecule has 86 valence electrons. The molecule has 2 unspecified atom stereocenters. The molecule has 0 spiro atoms. The largest absolute Gasteiger partial charge is 0.326 e. The van der Waals surface area contributed by atoms with E-state index in [4.69, 9.17) is 0 Å². The highest BCUT2D eigenvalue weighted by Gasteiger charge is 2.27. The second kappa shape index (κ2) is 4.21. The summed E-state index contributed by atoms with van der Waals surface area (Å²) in [5.74, 6) is 0.140. The molecule has 1 saturated carbocycles. The predicted molar refractivity (Wildman–Crippen MR) is 66.3 cm³/mol. The maximum absolute atomic E-state index is 9.25. The first-order valence-corrected chi connectivity index (χ1v) is 6.21. The number of aromatic nitrogens is 2. The molecule has 0 amide bonds. The smallest absolute Gasteiger partial charge is 0.0961 e. The van der Waals surface area contributed by atoms with Crippen LogP contribution in [-0.4, -0.2) is 9.55 Å². The van der Waals surface area contributed by atoms with Crippen molar-refractivity contribution in [3.8, 4) is 6.07 Å². The summed E-state index contributed by atoms with van der Waals surface area (Å²) in [5, 5.41) is 9.25. The maximum Gasteiger partial charge on any atom is 0.0961 e. The molecule has 0 aliphatic heterocycles. The topological polar surface area (TPSA) is 41.6 Å². The first-order valence-electron chi connectivity index (χ1n) is 6.21. The number of nitriles is 1. The van der Waals surface area contributed by atoms with E-state index in [9.17, 15) is 5.26 Å². The van der Waals surface area contributed by atoms with Crippen molar-refractivity contribution < 1.29 is 0 Å². The quantitative estimate of drug-likeness (QED) is 0.747. The number of hydrogen-bond acceptors (Lipinski definition) is 2. The number of nitrogens with zero attached hydrogens (tertiary/aromatic N) is 3. The summed E-state index contributed by atoms with van der Waals surface area (Å²) >= 11 is 0. The van der Waals surface area contributed by atoms with Crippen LogP contribution in [0.15, 0.2) is 30.6 Å². The van der Waals surface area contributed by atoms with E-state index in [1.54, 1.807) is 0 Å². The molecule has 2 aromatic rings. The minimum atomic E-state index is 0.140. The highest BCUT2D eigenvalue weighted by Crippen LogP contribution is 2.35. The summed E-state index contributed by atoms with van der Waals surface area (Å²) in [6.45, 7) is 0. The number of benzene rings is 1. The van der Waals surface area contributed by atoms with Gasteiger partial charge in [0, 0.05) is 0 Å². The van der Waals surface area contributed by atoms with Crippen LogP contribution in [-0.2, 0) is 0 Å². The van der Waals surface area contributed by atoms with Gasteiger partial charge in [0.25, 0.3) is 0 Å². The van der Waals surface area contributed by atoms with E-state index in [0.717, 1.165) is 23.9 Å². The van der Waals surface area contributed by atoms with E-state index in [1.165, 1.54) is 12.8 Å². The van der Waals surface area contributed by atoms with Crippen LogP contribution in [0.4, 0.5) is 0 Å². The molecule has 1 fully saturated rings. The molecular formula is C14H15N3. The maximum atomic E-state index is 9.25. The third-order valence-electron chi connectivity index (χ3n) is 3.73. The number of imidazole rings is 1. The summed E-state index contributed by atoms with van der Waals surface area (Å²) < 4.78 is 2.20. The van der Waals surface area contributed by atoms with Crippen molar-refractivity contribution in [1.82, 2.24) is 9.55 Å². The Labute approximate surface area is 101 Å². The Morgan fingerprint density at radius 3 is 2.94 bits per heavy atom. The van der Waals surface area contributed by atoms with Crippen LogP contribution in [0.3, 0.4) is 0 Å². The van der Waals surface area contributed by atoms with Gasteiger partial charge in [-0.1, -0.05) is 25.0 Å². The molecule has 1 heterocycles. The second-order valence-corrected chi connectivity index (χ2v) is 4.73. The Kier molecular flexibility index (Phi) is 2.56. The molecule has 17 heavy (non-hydrogen) atoms. The fourth-order valence-corrected chi connectivity index (χ4v) is 2.84. The van der Waals surface area contributed by atoms with Crippen LogP contribution in [0.2, 0.25) is 0 Å². The Balaban J connectivity index is 2.05. The van der Waals surface area contributed by atoms with Gasteiger partial charge in [-0.25, -0.2) is 4.98 Å². The van der Waals surface area contributed by atoms with E-state index in [1.807, 2.05) is 24.5 Å². The number of para-hydroxylation sites is 2. The van der Waals surface area contributed by atoms with E-state index >= 15 is 0 Å². The van der Waals surface area contributed by atoms with E-state index < -0.39 is 0 Å². The lowest BCUT2D eigenvalue weighted by Gasteiger charge is -2.28. The number of rotatable bonds is 1. The zero-order valence-corrected chi connectivity index (χ0v) is 9.71. The third-order valence-corrected chi connectivity index (χ3v) is 3.73. The van der Waals surface area contributed by atoms with Gasteiger partial charge < -0.3 is 4.57 Å². The van der Waals surface area contributed by atoms with Crippen LogP contribution < -0.4 is 0 Å². The van der Waals surface area contributed by atoms with Gasteiger partial charge in [-0.15, -0.1) is 0 Å². The third kappa shape index (κ3) is 1.70. The van der Waals surface area contributed by atoms with Crippen LogP contribution in [0, 0.1) is 17.2 Å². The SMILES string of the molecule is N#CC1CCCCC1n1cnc2ccccc21. The lowest BCUT2D eigenvalue weighted by molar-refractivity contribution is 0.295. The Morgan fingerprint density at radius 2 is 2.06 bits per heavy atom. The first-order chi connectivity index (χ1) is 8.40. The fraction of sp³-hybridized carbons (Fsp3) is 0.429. The van der Waals surface area contributed by atoms with E-state index in [0.29, 0.717) is 6.04 Å².